The van der Waals surface area contributed by atoms with E-state index >= 15 is 0 Å². The first-order chi connectivity index (χ1) is 13.3. The van der Waals surface area contributed by atoms with Gasteiger partial charge in [-0.1, -0.05) is 6.07 Å². The van der Waals surface area contributed by atoms with Crippen LogP contribution in [0.25, 0.3) is 11.5 Å². The highest BCUT2D eigenvalue weighted by atomic mass is 16.4. The number of hydrogen-bond acceptors (Lipinski definition) is 6. The number of nitrogens with one attached hydrogen (secondary N) is 1. The minimum atomic E-state index is 0.653. The quantitative estimate of drug-likeness (QED) is 0.552. The molecule has 0 aliphatic carbocycles. The first-order valence-electron chi connectivity index (χ1n) is 8.77. The molecule has 0 radical (unpaired) electrons. The van der Waals surface area contributed by atoms with Gasteiger partial charge in [-0.15, -0.1) is 0 Å². The largest absolute Gasteiger partial charge is 0.439 e. The Hall–Kier alpha value is -3.54. The first-order valence-corrected chi connectivity index (χ1v) is 8.77. The van der Waals surface area contributed by atoms with Gasteiger partial charge in [-0.25, -0.2) is 15.0 Å². The number of rotatable bonds is 6. The minimum absolute atomic E-state index is 0.653. The Kier molecular flexibility index (Phi) is 4.87. The van der Waals surface area contributed by atoms with Gasteiger partial charge in [-0.2, -0.15) is 0 Å². The van der Waals surface area contributed by atoms with Crippen LogP contribution in [0, 0.1) is 6.92 Å². The zero-order valence-corrected chi connectivity index (χ0v) is 15.0. The van der Waals surface area contributed by atoms with Crippen molar-refractivity contribution in [3.05, 3.63) is 84.3 Å². The standard InChI is InChI=1S/C21H19N5O/c1-15-7-12-23-20(13-15)26-19-4-2-3-17(25-19)18-14-24-21(27-18)6-5-16-8-10-22-11-9-16/h2-4,7-14H,5-6H2,1H3,(H,23,25,26). The summed E-state index contributed by atoms with van der Waals surface area (Å²) in [7, 11) is 0. The molecule has 0 aliphatic heterocycles. The molecule has 0 atom stereocenters. The molecule has 4 aromatic heterocycles. The van der Waals surface area contributed by atoms with Crippen LogP contribution in [0.3, 0.4) is 0 Å². The van der Waals surface area contributed by atoms with E-state index in [1.165, 1.54) is 5.56 Å². The van der Waals surface area contributed by atoms with Gasteiger partial charge in [0.05, 0.1) is 6.20 Å². The van der Waals surface area contributed by atoms with Crippen LogP contribution in [0.15, 0.2) is 71.7 Å². The molecule has 0 fully saturated rings. The van der Waals surface area contributed by atoms with E-state index in [4.69, 9.17) is 4.42 Å². The molecule has 4 rings (SSSR count). The molecule has 0 spiro atoms. The van der Waals surface area contributed by atoms with Crippen LogP contribution >= 0.6 is 0 Å². The highest BCUT2D eigenvalue weighted by Gasteiger charge is 2.09. The summed E-state index contributed by atoms with van der Waals surface area (Å²) in [5.74, 6) is 2.82. The number of aromatic nitrogens is 4. The maximum Gasteiger partial charge on any atom is 0.195 e. The van der Waals surface area contributed by atoms with Gasteiger partial charge in [-0.05, 0) is 60.9 Å². The zero-order chi connectivity index (χ0) is 18.5. The van der Waals surface area contributed by atoms with Crippen molar-refractivity contribution >= 4 is 11.6 Å². The predicted octanol–water partition coefficient (Wildman–Crippen LogP) is 4.36. The number of nitrogens with zero attached hydrogens (tertiary/aromatic N) is 4. The summed E-state index contributed by atoms with van der Waals surface area (Å²) in [6, 6.07) is 13.7. The molecule has 134 valence electrons. The summed E-state index contributed by atoms with van der Waals surface area (Å²) < 4.78 is 5.88. The third kappa shape index (κ3) is 4.36. The number of oxazole rings is 1. The van der Waals surface area contributed by atoms with Gasteiger partial charge in [0.15, 0.2) is 11.7 Å². The monoisotopic (exact) mass is 357 g/mol. The van der Waals surface area contributed by atoms with E-state index in [2.05, 4.69) is 25.3 Å². The van der Waals surface area contributed by atoms with E-state index in [0.29, 0.717) is 17.5 Å². The molecule has 0 saturated carbocycles. The molecular weight excluding hydrogens is 338 g/mol. The molecule has 0 saturated heterocycles. The molecule has 4 aromatic rings. The fourth-order valence-corrected chi connectivity index (χ4v) is 2.72. The normalized spacial score (nSPS) is 10.7. The number of pyridine rings is 3. The fourth-order valence-electron chi connectivity index (χ4n) is 2.72. The molecule has 6 nitrogen and oxygen atoms in total. The van der Waals surface area contributed by atoms with Crippen molar-refractivity contribution in [2.75, 3.05) is 5.32 Å². The lowest BCUT2D eigenvalue weighted by Gasteiger charge is -2.06. The highest BCUT2D eigenvalue weighted by Crippen LogP contribution is 2.22. The van der Waals surface area contributed by atoms with E-state index < -0.39 is 0 Å². The Morgan fingerprint density at radius 1 is 0.926 bits per heavy atom. The minimum Gasteiger partial charge on any atom is -0.439 e. The molecule has 27 heavy (non-hydrogen) atoms. The zero-order valence-electron chi connectivity index (χ0n) is 15.0. The van der Waals surface area contributed by atoms with Gasteiger partial charge in [0.2, 0.25) is 0 Å². The van der Waals surface area contributed by atoms with Crippen molar-refractivity contribution in [1.29, 1.82) is 0 Å². The van der Waals surface area contributed by atoms with Gasteiger partial charge in [-0.3, -0.25) is 4.98 Å². The summed E-state index contributed by atoms with van der Waals surface area (Å²) in [5.41, 5.74) is 3.08. The average molecular weight is 357 g/mol. The second-order valence-electron chi connectivity index (χ2n) is 6.23. The van der Waals surface area contributed by atoms with Crippen molar-refractivity contribution in [3.63, 3.8) is 0 Å². The van der Waals surface area contributed by atoms with Crippen molar-refractivity contribution in [1.82, 2.24) is 19.9 Å². The average Bonchev–Trinajstić information content (AvgIpc) is 3.17. The second kappa shape index (κ2) is 7.78. The summed E-state index contributed by atoms with van der Waals surface area (Å²) in [6.45, 7) is 2.03. The number of hydrogen-bond donors (Lipinski definition) is 1. The van der Waals surface area contributed by atoms with E-state index in [1.54, 1.807) is 24.8 Å². The molecule has 0 amide bonds. The summed E-state index contributed by atoms with van der Waals surface area (Å²) >= 11 is 0. The van der Waals surface area contributed by atoms with Crippen molar-refractivity contribution in [2.24, 2.45) is 0 Å². The Bertz CT molecular complexity index is 1030. The van der Waals surface area contributed by atoms with Crippen LogP contribution in [-0.4, -0.2) is 19.9 Å². The molecule has 0 bridgehead atoms. The van der Waals surface area contributed by atoms with E-state index in [0.717, 1.165) is 29.9 Å². The molecule has 0 aliphatic rings. The molecule has 1 N–H and O–H groups in total. The third-order valence-electron chi connectivity index (χ3n) is 4.10. The van der Waals surface area contributed by atoms with Crippen LogP contribution in [0.5, 0.6) is 0 Å². The second-order valence-corrected chi connectivity index (χ2v) is 6.23. The Morgan fingerprint density at radius 2 is 1.81 bits per heavy atom. The summed E-state index contributed by atoms with van der Waals surface area (Å²) in [4.78, 5) is 17.3. The smallest absolute Gasteiger partial charge is 0.195 e. The highest BCUT2D eigenvalue weighted by molar-refractivity contribution is 5.58. The van der Waals surface area contributed by atoms with Crippen molar-refractivity contribution in [3.8, 4) is 11.5 Å². The maximum absolute atomic E-state index is 5.88. The van der Waals surface area contributed by atoms with Crippen molar-refractivity contribution in [2.45, 2.75) is 19.8 Å². The van der Waals surface area contributed by atoms with Crippen LogP contribution in [0.4, 0.5) is 11.6 Å². The van der Waals surface area contributed by atoms with Crippen LogP contribution in [-0.2, 0) is 12.8 Å². The molecule has 4 heterocycles. The maximum atomic E-state index is 5.88. The first kappa shape index (κ1) is 16.9. The van der Waals surface area contributed by atoms with Crippen molar-refractivity contribution < 1.29 is 4.42 Å². The molecule has 6 heteroatoms. The van der Waals surface area contributed by atoms with E-state index in [9.17, 15) is 0 Å². The SMILES string of the molecule is Cc1ccnc(Nc2cccc(-c3cnc(CCc4ccncc4)o3)n2)c1. The van der Waals surface area contributed by atoms with E-state index in [1.807, 2.05) is 49.4 Å². The molecular formula is C21H19N5O. The lowest BCUT2D eigenvalue weighted by molar-refractivity contribution is 0.504. The van der Waals surface area contributed by atoms with E-state index in [-0.39, 0.29) is 0 Å². The fraction of sp³-hybridized carbons (Fsp3) is 0.143. The summed E-state index contributed by atoms with van der Waals surface area (Å²) in [5, 5.41) is 3.22. The van der Waals surface area contributed by atoms with Crippen LogP contribution in [0.2, 0.25) is 0 Å². The van der Waals surface area contributed by atoms with Crippen LogP contribution < -0.4 is 5.32 Å². The molecule has 0 aromatic carbocycles. The topological polar surface area (TPSA) is 76.7 Å². The predicted molar refractivity (Wildman–Crippen MR) is 104 cm³/mol. The van der Waals surface area contributed by atoms with Gasteiger partial charge < -0.3 is 9.73 Å². The van der Waals surface area contributed by atoms with Gasteiger partial charge >= 0.3 is 0 Å². The Labute approximate surface area is 157 Å². The van der Waals surface area contributed by atoms with Crippen LogP contribution in [0.1, 0.15) is 17.0 Å². The van der Waals surface area contributed by atoms with Gasteiger partial charge in [0.25, 0.3) is 0 Å². The Balaban J connectivity index is 1.46. The molecule has 0 unspecified atom stereocenters. The Morgan fingerprint density at radius 3 is 2.67 bits per heavy atom. The lowest BCUT2D eigenvalue weighted by Crippen LogP contribution is -1.96. The number of aryl methyl sites for hydroxylation is 3. The third-order valence-corrected chi connectivity index (χ3v) is 4.10. The lowest BCUT2D eigenvalue weighted by atomic mass is 10.1. The van der Waals surface area contributed by atoms with Gasteiger partial charge in [0.1, 0.15) is 17.3 Å². The number of anilines is 2. The summed E-state index contributed by atoms with van der Waals surface area (Å²) in [6.07, 6.45) is 8.67. The van der Waals surface area contributed by atoms with Gasteiger partial charge in [0, 0.05) is 25.0 Å².